The van der Waals surface area contributed by atoms with Gasteiger partial charge in [-0.1, -0.05) is 0 Å². The van der Waals surface area contributed by atoms with Crippen molar-refractivity contribution in [2.24, 2.45) is 0 Å². The third-order valence-corrected chi connectivity index (χ3v) is 0.750. The Morgan fingerprint density at radius 2 is 0.917 bits per heavy atom. The van der Waals surface area contributed by atoms with E-state index in [-0.39, 0.29) is 99.7 Å². The third kappa shape index (κ3) is 18.7. The molecule has 0 amide bonds. The van der Waals surface area contributed by atoms with E-state index in [1.54, 1.807) is 0 Å². The van der Waals surface area contributed by atoms with Crippen LogP contribution in [0.3, 0.4) is 0 Å². The van der Waals surface area contributed by atoms with Gasteiger partial charge in [-0.15, -0.1) is 8.67 Å². The van der Waals surface area contributed by atoms with Crippen LogP contribution in [0.5, 0.6) is 0 Å². The van der Waals surface area contributed by atoms with Gasteiger partial charge in [0, 0.05) is 0 Å². The molecule has 0 aliphatic heterocycles. The zero-order chi connectivity index (χ0) is 8.41. The van der Waals surface area contributed by atoms with Gasteiger partial charge in [0.25, 0.3) is 0 Å². The fourth-order valence-electron chi connectivity index (χ4n) is 0.0680. The summed E-state index contributed by atoms with van der Waals surface area (Å²) in [6, 6.07) is 0. The van der Waals surface area contributed by atoms with Crippen molar-refractivity contribution in [1.82, 2.24) is 0 Å². The van der Waals surface area contributed by atoms with E-state index in [1.165, 1.54) is 0 Å². The maximum atomic E-state index is 9.37. The average molecular weight is 638 g/mol. The van der Waals surface area contributed by atoms with E-state index >= 15 is 0 Å². The molecule has 0 N–H and O–H groups in total. The van der Waals surface area contributed by atoms with Gasteiger partial charge in [0.2, 0.25) is 20.8 Å². The topological polar surface area (TPSA) is 133 Å². The largest absolute Gasteiger partial charge is 1.00 e. The van der Waals surface area contributed by atoms with Crippen molar-refractivity contribution in [3.8, 4) is 0 Å². The molecule has 0 aromatic heterocycles. The van der Waals surface area contributed by atoms with Crippen molar-refractivity contribution in [3.05, 3.63) is 0 Å². The minimum absolute atomic E-state index is 0. The molecule has 0 radical (unpaired) electrons. The predicted molar refractivity (Wildman–Crippen MR) is 21.6 cm³/mol. The second-order valence-corrected chi connectivity index (χ2v) is 2.86. The summed E-state index contributed by atoms with van der Waals surface area (Å²) in [6.45, 7) is 0. The standard InChI is InChI=1S/2Fr.H2O8S2/c;;1-9(2,3)7-8-10(4,5)6/h;;(H,1,2,3)(H,4,5,6)/q2*+1;/p-2. The van der Waals surface area contributed by atoms with E-state index in [0.717, 1.165) is 0 Å². The normalized spacial score (nSPS) is 11.2. The maximum absolute atomic E-state index is 9.37. The fourth-order valence-corrected chi connectivity index (χ4v) is 0.612. The van der Waals surface area contributed by atoms with E-state index in [2.05, 4.69) is 8.67 Å². The molecule has 12 heteroatoms. The van der Waals surface area contributed by atoms with Crippen LogP contribution in [-0.4, -0.2) is 25.9 Å². The molecule has 0 spiro atoms. The summed E-state index contributed by atoms with van der Waals surface area (Å²) in [4.78, 5) is 0. The van der Waals surface area contributed by atoms with Gasteiger partial charge in [-0.05, 0) is 0 Å². The molecule has 0 saturated heterocycles. The van der Waals surface area contributed by atoms with Crippen molar-refractivity contribution in [2.75, 3.05) is 0 Å². The third-order valence-electron chi connectivity index (χ3n) is 0.194. The SMILES string of the molecule is O=S(=O)([O-])OOS(=O)(=O)[O-].[Fr+].[Fr+]. The van der Waals surface area contributed by atoms with Gasteiger partial charge >= 0.3 is 99.7 Å². The van der Waals surface area contributed by atoms with Crippen LogP contribution >= 0.6 is 0 Å². The van der Waals surface area contributed by atoms with Gasteiger partial charge in [-0.25, -0.2) is 16.8 Å². The molecule has 0 heterocycles. The first kappa shape index (κ1) is 20.4. The Morgan fingerprint density at radius 1 is 0.750 bits per heavy atom. The van der Waals surface area contributed by atoms with Crippen molar-refractivity contribution < 1.29 is 134 Å². The monoisotopic (exact) mass is 638 g/mol. The Labute approximate surface area is 151 Å². The van der Waals surface area contributed by atoms with Gasteiger partial charge in [-0.3, -0.25) is 0 Å². The Kier molecular flexibility index (Phi) is 13.8. The van der Waals surface area contributed by atoms with Crippen LogP contribution in [0, 0.1) is 99.7 Å². The van der Waals surface area contributed by atoms with Crippen molar-refractivity contribution >= 4 is 20.8 Å². The smallest absolute Gasteiger partial charge is 0.724 e. The van der Waals surface area contributed by atoms with E-state index in [9.17, 15) is 25.9 Å². The Balaban J connectivity index is -0.000000405. The first-order valence-electron chi connectivity index (χ1n) is 1.50. The molecular weight excluding hydrogens is 638 g/mol. The fraction of sp³-hybridized carbons (Fsp3) is 0. The molecule has 0 bridgehead atoms. The number of hydrogen-bond donors (Lipinski definition) is 0. The Bertz CT molecular complexity index is 251. The van der Waals surface area contributed by atoms with Crippen LogP contribution in [0.2, 0.25) is 0 Å². The van der Waals surface area contributed by atoms with Gasteiger partial charge in [0.15, 0.2) is 0 Å². The molecule has 0 saturated carbocycles. The average Bonchev–Trinajstić information content (AvgIpc) is 1.57. The van der Waals surface area contributed by atoms with Gasteiger partial charge in [0.1, 0.15) is 0 Å². The summed E-state index contributed by atoms with van der Waals surface area (Å²) < 4.78 is 61.5. The van der Waals surface area contributed by atoms with Crippen molar-refractivity contribution in [2.45, 2.75) is 0 Å². The zero-order valence-electron chi connectivity index (χ0n) is 6.08. The van der Waals surface area contributed by atoms with E-state index in [4.69, 9.17) is 0 Å². The van der Waals surface area contributed by atoms with Crippen LogP contribution in [0.25, 0.3) is 0 Å². The molecule has 12 heavy (non-hydrogen) atoms. The van der Waals surface area contributed by atoms with Gasteiger partial charge in [-0.2, -0.15) is 0 Å². The quantitative estimate of drug-likeness (QED) is 0.148. The van der Waals surface area contributed by atoms with E-state index in [0.29, 0.717) is 0 Å². The summed E-state index contributed by atoms with van der Waals surface area (Å²) in [6.07, 6.45) is 0. The second kappa shape index (κ2) is 8.13. The second-order valence-electron chi connectivity index (χ2n) is 0.953. The predicted octanol–water partition coefficient (Wildman–Crippen LogP) is -2.14. The molecular formula is Fr2O8S2. The number of rotatable bonds is 3. The summed E-state index contributed by atoms with van der Waals surface area (Å²) in [5.41, 5.74) is 0. The van der Waals surface area contributed by atoms with Crippen LogP contribution in [0.15, 0.2) is 0 Å². The minimum atomic E-state index is -5.31. The molecule has 0 aromatic rings. The van der Waals surface area contributed by atoms with E-state index in [1.807, 2.05) is 0 Å². The maximum Gasteiger partial charge on any atom is 1.00 e. The summed E-state index contributed by atoms with van der Waals surface area (Å²) in [7, 11) is -10.6. The van der Waals surface area contributed by atoms with E-state index < -0.39 is 20.8 Å². The zero-order valence-corrected chi connectivity index (χ0v) is 24.2. The van der Waals surface area contributed by atoms with Crippen LogP contribution in [0.1, 0.15) is 0 Å². The van der Waals surface area contributed by atoms with Gasteiger partial charge < -0.3 is 9.11 Å². The molecule has 0 atom stereocenters. The first-order valence-corrected chi connectivity index (χ1v) is 4.17. The first-order chi connectivity index (χ1) is 4.21. The molecule has 0 aliphatic carbocycles. The Hall–Kier alpha value is 2.93. The minimum Gasteiger partial charge on any atom is -0.724 e. The van der Waals surface area contributed by atoms with Crippen LogP contribution < -0.4 is 0 Å². The number of hydrogen-bond acceptors (Lipinski definition) is 8. The molecule has 0 aliphatic rings. The van der Waals surface area contributed by atoms with Crippen molar-refractivity contribution in [3.63, 3.8) is 0 Å². The van der Waals surface area contributed by atoms with Crippen molar-refractivity contribution in [1.29, 1.82) is 0 Å². The van der Waals surface area contributed by atoms with Crippen LogP contribution in [-0.2, 0) is 29.5 Å². The molecule has 0 aromatic carbocycles. The molecule has 8 nitrogen and oxygen atoms in total. The summed E-state index contributed by atoms with van der Waals surface area (Å²) in [5, 5.41) is 0. The molecule has 0 rings (SSSR count). The Morgan fingerprint density at radius 3 is 1.00 bits per heavy atom. The molecule has 0 unspecified atom stereocenters. The molecule has 62 valence electrons. The van der Waals surface area contributed by atoms with Gasteiger partial charge in [0.05, 0.1) is 0 Å². The summed E-state index contributed by atoms with van der Waals surface area (Å²) in [5.74, 6) is 0. The summed E-state index contributed by atoms with van der Waals surface area (Å²) >= 11 is 0. The molecule has 0 fully saturated rings. The van der Waals surface area contributed by atoms with Crippen LogP contribution in [0.4, 0.5) is 0 Å².